The molecule has 3 atom stereocenters. The lowest BCUT2D eigenvalue weighted by atomic mass is 9.93. The third-order valence-electron chi connectivity index (χ3n) is 5.63. The molecule has 2 fully saturated rings. The van der Waals surface area contributed by atoms with Crippen LogP contribution < -0.4 is 10.1 Å². The van der Waals surface area contributed by atoms with Crippen molar-refractivity contribution < 1.29 is 22.7 Å². The number of hydrogen-bond acceptors (Lipinski definition) is 5. The Morgan fingerprint density at radius 1 is 1.22 bits per heavy atom. The summed E-state index contributed by atoms with van der Waals surface area (Å²) < 4.78 is 38.0. The van der Waals surface area contributed by atoms with Gasteiger partial charge in [-0.25, -0.2) is 8.42 Å². The van der Waals surface area contributed by atoms with E-state index in [9.17, 15) is 13.2 Å². The number of amides is 1. The van der Waals surface area contributed by atoms with Crippen LogP contribution in [0.15, 0.2) is 35.2 Å². The first-order valence-corrected chi connectivity index (χ1v) is 10.7. The number of fused-ring (bicyclic) bond motifs is 2. The van der Waals surface area contributed by atoms with Gasteiger partial charge in [0.05, 0.1) is 20.3 Å². The van der Waals surface area contributed by atoms with Gasteiger partial charge in [-0.3, -0.25) is 4.79 Å². The highest BCUT2D eigenvalue weighted by atomic mass is 32.2. The molecule has 27 heavy (non-hydrogen) atoms. The summed E-state index contributed by atoms with van der Waals surface area (Å²) in [5.74, 6) is 0.971. The molecule has 0 aromatic heterocycles. The Morgan fingerprint density at radius 3 is 2.63 bits per heavy atom. The minimum atomic E-state index is -3.72. The maximum Gasteiger partial charge on any atom is 0.246 e. The number of methoxy groups -OCH3 is 1. The molecule has 1 saturated carbocycles. The molecule has 3 unspecified atom stereocenters. The maximum atomic E-state index is 13.0. The second-order valence-electron chi connectivity index (χ2n) is 7.26. The zero-order chi connectivity index (χ0) is 19.0. The number of carbonyl (C=O) groups is 1. The maximum absolute atomic E-state index is 13.0. The monoisotopic (exact) mass is 392 g/mol. The van der Waals surface area contributed by atoms with Crippen molar-refractivity contribution in [2.75, 3.05) is 38.7 Å². The minimum Gasteiger partial charge on any atom is -0.495 e. The number of rotatable bonds is 5. The van der Waals surface area contributed by atoms with Gasteiger partial charge in [0, 0.05) is 24.7 Å². The van der Waals surface area contributed by atoms with Gasteiger partial charge in [-0.15, -0.1) is 0 Å². The SMILES string of the molecule is COc1ccc(NC(=O)C2CC3C=CC2C3)cc1S(=O)(=O)N1CCOCC1. The van der Waals surface area contributed by atoms with Crippen molar-refractivity contribution in [3.8, 4) is 5.75 Å². The van der Waals surface area contributed by atoms with E-state index in [1.165, 1.54) is 17.5 Å². The highest BCUT2D eigenvalue weighted by molar-refractivity contribution is 7.89. The lowest BCUT2D eigenvalue weighted by Crippen LogP contribution is -2.40. The standard InChI is InChI=1S/C19H24N2O5S/c1-25-17-5-4-15(20-19(22)16-11-13-2-3-14(16)10-13)12-18(17)27(23,24)21-6-8-26-9-7-21/h2-5,12-14,16H,6-11H2,1H3,(H,20,22). The van der Waals surface area contributed by atoms with Gasteiger partial charge in [0.2, 0.25) is 15.9 Å². The number of morpholine rings is 1. The zero-order valence-electron chi connectivity index (χ0n) is 15.3. The second-order valence-corrected chi connectivity index (χ2v) is 9.16. The molecule has 1 aliphatic heterocycles. The van der Waals surface area contributed by atoms with Crippen LogP contribution in [-0.2, 0) is 19.6 Å². The summed E-state index contributed by atoms with van der Waals surface area (Å²) in [5, 5.41) is 2.90. The average molecular weight is 392 g/mol. The Balaban J connectivity index is 1.57. The molecule has 1 heterocycles. The molecule has 1 saturated heterocycles. The van der Waals surface area contributed by atoms with Gasteiger partial charge in [-0.05, 0) is 42.9 Å². The summed E-state index contributed by atoms with van der Waals surface area (Å²) in [7, 11) is -2.29. The predicted molar refractivity (Wildman–Crippen MR) is 100 cm³/mol. The highest BCUT2D eigenvalue weighted by Crippen LogP contribution is 2.44. The van der Waals surface area contributed by atoms with E-state index in [0.29, 0.717) is 43.8 Å². The molecule has 1 N–H and O–H groups in total. The zero-order valence-corrected chi connectivity index (χ0v) is 16.1. The van der Waals surface area contributed by atoms with E-state index in [1.807, 2.05) is 0 Å². The molecule has 8 heteroatoms. The Morgan fingerprint density at radius 2 is 2.00 bits per heavy atom. The van der Waals surface area contributed by atoms with Gasteiger partial charge >= 0.3 is 0 Å². The van der Waals surface area contributed by atoms with Gasteiger partial charge < -0.3 is 14.8 Å². The normalized spacial score (nSPS) is 27.7. The summed E-state index contributed by atoms with van der Waals surface area (Å²) in [5.41, 5.74) is 0.472. The minimum absolute atomic E-state index is 0.0404. The van der Waals surface area contributed by atoms with Gasteiger partial charge in [-0.2, -0.15) is 4.31 Å². The molecule has 0 spiro atoms. The van der Waals surface area contributed by atoms with E-state index in [1.54, 1.807) is 12.1 Å². The van der Waals surface area contributed by atoms with Gasteiger partial charge in [0.15, 0.2) is 0 Å². The molecule has 7 nitrogen and oxygen atoms in total. The van der Waals surface area contributed by atoms with Crippen LogP contribution in [0.25, 0.3) is 0 Å². The summed E-state index contributed by atoms with van der Waals surface area (Å²) in [6.07, 6.45) is 6.22. The Labute approximate surface area is 159 Å². The third kappa shape index (κ3) is 3.49. The Kier molecular flexibility index (Phi) is 4.96. The quantitative estimate of drug-likeness (QED) is 0.774. The van der Waals surface area contributed by atoms with Crippen molar-refractivity contribution in [3.63, 3.8) is 0 Å². The van der Waals surface area contributed by atoms with Gasteiger partial charge in [0.1, 0.15) is 10.6 Å². The van der Waals surface area contributed by atoms with Gasteiger partial charge in [0.25, 0.3) is 0 Å². The largest absolute Gasteiger partial charge is 0.495 e. The average Bonchev–Trinajstić information content (AvgIpc) is 3.32. The molecule has 1 amide bonds. The van der Waals surface area contributed by atoms with Crippen LogP contribution >= 0.6 is 0 Å². The van der Waals surface area contributed by atoms with E-state index in [-0.39, 0.29) is 22.5 Å². The van der Waals surface area contributed by atoms with E-state index < -0.39 is 10.0 Å². The molecule has 4 rings (SSSR count). The molecule has 146 valence electrons. The lowest BCUT2D eigenvalue weighted by molar-refractivity contribution is -0.120. The molecule has 3 aliphatic rings. The van der Waals surface area contributed by atoms with Crippen LogP contribution in [0.3, 0.4) is 0 Å². The number of ether oxygens (including phenoxy) is 2. The Hall–Kier alpha value is -1.90. The summed E-state index contributed by atoms with van der Waals surface area (Å²) in [4.78, 5) is 12.7. The highest BCUT2D eigenvalue weighted by Gasteiger charge is 2.40. The van der Waals surface area contributed by atoms with E-state index in [0.717, 1.165) is 12.8 Å². The third-order valence-corrected chi connectivity index (χ3v) is 7.55. The van der Waals surface area contributed by atoms with Crippen LogP contribution in [0.2, 0.25) is 0 Å². The van der Waals surface area contributed by atoms with E-state index in [2.05, 4.69) is 17.5 Å². The second kappa shape index (κ2) is 7.26. The summed E-state index contributed by atoms with van der Waals surface area (Å²) in [6, 6.07) is 4.76. The number of nitrogens with zero attached hydrogens (tertiary/aromatic N) is 1. The summed E-state index contributed by atoms with van der Waals surface area (Å²) >= 11 is 0. The van der Waals surface area contributed by atoms with Crippen molar-refractivity contribution in [2.45, 2.75) is 17.7 Å². The van der Waals surface area contributed by atoms with Crippen LogP contribution in [-0.4, -0.2) is 52.0 Å². The molecule has 1 aromatic carbocycles. The van der Waals surface area contributed by atoms with Crippen LogP contribution in [0.1, 0.15) is 12.8 Å². The topological polar surface area (TPSA) is 84.9 Å². The van der Waals surface area contributed by atoms with Crippen molar-refractivity contribution in [3.05, 3.63) is 30.4 Å². The van der Waals surface area contributed by atoms with Crippen LogP contribution in [0.5, 0.6) is 5.75 Å². The van der Waals surface area contributed by atoms with Crippen molar-refractivity contribution in [1.29, 1.82) is 0 Å². The molecule has 1 aromatic rings. The molecule has 2 aliphatic carbocycles. The number of hydrogen-bond donors (Lipinski definition) is 1. The van der Waals surface area contributed by atoms with Crippen molar-refractivity contribution in [1.82, 2.24) is 4.31 Å². The number of nitrogens with one attached hydrogen (secondary N) is 1. The number of allylic oxidation sites excluding steroid dienone is 2. The van der Waals surface area contributed by atoms with Crippen molar-refractivity contribution >= 4 is 21.6 Å². The number of sulfonamides is 1. The number of benzene rings is 1. The van der Waals surface area contributed by atoms with Crippen molar-refractivity contribution in [2.24, 2.45) is 17.8 Å². The molecular formula is C19H24N2O5S. The van der Waals surface area contributed by atoms with E-state index >= 15 is 0 Å². The molecule has 2 bridgehead atoms. The fourth-order valence-electron chi connectivity index (χ4n) is 4.20. The summed E-state index contributed by atoms with van der Waals surface area (Å²) in [6.45, 7) is 1.35. The van der Waals surface area contributed by atoms with Gasteiger partial charge in [-0.1, -0.05) is 12.2 Å². The molecular weight excluding hydrogens is 368 g/mol. The fourth-order valence-corrected chi connectivity index (χ4v) is 5.79. The fraction of sp³-hybridized carbons (Fsp3) is 0.526. The number of carbonyl (C=O) groups excluding carboxylic acids is 1. The lowest BCUT2D eigenvalue weighted by Gasteiger charge is -2.27. The van der Waals surface area contributed by atoms with E-state index in [4.69, 9.17) is 9.47 Å². The first-order chi connectivity index (χ1) is 13.0. The Bertz CT molecular complexity index is 861. The van der Waals surface area contributed by atoms with Crippen LogP contribution in [0.4, 0.5) is 5.69 Å². The predicted octanol–water partition coefficient (Wildman–Crippen LogP) is 1.87. The first-order valence-electron chi connectivity index (χ1n) is 9.24. The van der Waals surface area contributed by atoms with Crippen LogP contribution in [0, 0.1) is 17.8 Å². The first kappa shape index (κ1) is 18.5. The number of anilines is 1. The smallest absolute Gasteiger partial charge is 0.246 e. The molecule has 0 radical (unpaired) electrons.